The van der Waals surface area contributed by atoms with Gasteiger partial charge in [-0.25, -0.2) is 0 Å². The van der Waals surface area contributed by atoms with E-state index >= 15 is 0 Å². The van der Waals surface area contributed by atoms with Gasteiger partial charge in [-0.05, 0) is 44.6 Å². The maximum atomic E-state index is 11.9. The summed E-state index contributed by atoms with van der Waals surface area (Å²) in [5.41, 5.74) is 1.95. The number of rotatable bonds is 6. The van der Waals surface area contributed by atoms with Crippen LogP contribution < -0.4 is 5.32 Å². The Morgan fingerprint density at radius 1 is 1.42 bits per heavy atom. The minimum Gasteiger partial charge on any atom is -0.354 e. The van der Waals surface area contributed by atoms with Gasteiger partial charge in [-0.2, -0.15) is 0 Å². The van der Waals surface area contributed by atoms with Gasteiger partial charge in [0.2, 0.25) is 5.91 Å². The van der Waals surface area contributed by atoms with Gasteiger partial charge in [0, 0.05) is 24.5 Å². The molecule has 0 radical (unpaired) electrons. The van der Waals surface area contributed by atoms with Gasteiger partial charge >= 0.3 is 0 Å². The molecule has 0 spiro atoms. The van der Waals surface area contributed by atoms with Crippen molar-refractivity contribution >= 4 is 5.91 Å². The molecule has 1 aromatic rings. The molecule has 4 heteroatoms. The van der Waals surface area contributed by atoms with E-state index in [0.29, 0.717) is 24.9 Å². The minimum absolute atomic E-state index is 0.0330. The molecule has 1 amide bonds. The molecule has 0 aliphatic carbocycles. The first-order chi connectivity index (χ1) is 8.90. The molecule has 0 fully saturated rings. The van der Waals surface area contributed by atoms with E-state index in [0.717, 1.165) is 11.3 Å². The number of likely N-dealkylation sites (N-methyl/N-ethyl adjacent to an activating group) is 1. The Labute approximate surface area is 116 Å². The first-order valence-electron chi connectivity index (χ1n) is 6.74. The average Bonchev–Trinajstić information content (AvgIpc) is 2.27. The lowest BCUT2D eigenvalue weighted by Crippen LogP contribution is -2.43. The van der Waals surface area contributed by atoms with Crippen molar-refractivity contribution in [3.05, 3.63) is 29.6 Å². The summed E-state index contributed by atoms with van der Waals surface area (Å²) >= 11 is 0. The Bertz CT molecular complexity index is 408. The zero-order valence-corrected chi connectivity index (χ0v) is 12.6. The highest BCUT2D eigenvalue weighted by Crippen LogP contribution is 2.06. The largest absolute Gasteiger partial charge is 0.354 e. The van der Waals surface area contributed by atoms with Gasteiger partial charge in [0.25, 0.3) is 0 Å². The first kappa shape index (κ1) is 15.6. The molecule has 0 saturated carbocycles. The maximum Gasteiger partial charge on any atom is 0.226 e. The van der Waals surface area contributed by atoms with E-state index in [4.69, 9.17) is 0 Å². The number of hydrogen-bond donors (Lipinski definition) is 1. The van der Waals surface area contributed by atoms with E-state index < -0.39 is 0 Å². The summed E-state index contributed by atoms with van der Waals surface area (Å²) < 4.78 is 0. The lowest BCUT2D eigenvalue weighted by atomic mass is 10.0. The second-order valence-electron chi connectivity index (χ2n) is 5.58. The Balaban J connectivity index is 2.47. The summed E-state index contributed by atoms with van der Waals surface area (Å²) in [4.78, 5) is 18.3. The highest BCUT2D eigenvalue weighted by Gasteiger charge is 2.16. The highest BCUT2D eigenvalue weighted by molar-refractivity contribution is 5.78. The third-order valence-electron chi connectivity index (χ3n) is 3.25. The molecular weight excluding hydrogens is 238 g/mol. The summed E-state index contributed by atoms with van der Waals surface area (Å²) in [6, 6.07) is 4.24. The topological polar surface area (TPSA) is 45.2 Å². The quantitative estimate of drug-likeness (QED) is 0.848. The molecule has 0 aliphatic heterocycles. The molecule has 1 atom stereocenters. The van der Waals surface area contributed by atoms with Crippen molar-refractivity contribution in [2.24, 2.45) is 5.92 Å². The van der Waals surface area contributed by atoms with Gasteiger partial charge in [0.05, 0.1) is 6.42 Å². The number of hydrogen-bond acceptors (Lipinski definition) is 3. The number of aryl methyl sites for hydroxylation is 1. The van der Waals surface area contributed by atoms with Gasteiger partial charge in [0.15, 0.2) is 0 Å². The molecule has 1 aromatic heterocycles. The van der Waals surface area contributed by atoms with Crippen LogP contribution >= 0.6 is 0 Å². The van der Waals surface area contributed by atoms with Crippen molar-refractivity contribution in [1.82, 2.24) is 15.2 Å². The van der Waals surface area contributed by atoms with Crippen LogP contribution in [0.15, 0.2) is 18.3 Å². The van der Waals surface area contributed by atoms with Crippen LogP contribution in [0.1, 0.15) is 25.1 Å². The number of nitrogens with one attached hydrogen (secondary N) is 1. The second kappa shape index (κ2) is 7.24. The summed E-state index contributed by atoms with van der Waals surface area (Å²) in [7, 11) is 4.08. The summed E-state index contributed by atoms with van der Waals surface area (Å²) in [6.45, 7) is 7.01. The summed E-state index contributed by atoms with van der Waals surface area (Å²) in [5.74, 6) is 0.540. The van der Waals surface area contributed by atoms with Crippen molar-refractivity contribution in [2.45, 2.75) is 33.2 Å². The van der Waals surface area contributed by atoms with Crippen molar-refractivity contribution in [1.29, 1.82) is 0 Å². The van der Waals surface area contributed by atoms with E-state index in [1.807, 2.05) is 33.2 Å². The van der Waals surface area contributed by atoms with E-state index in [1.54, 1.807) is 6.20 Å². The number of pyridine rings is 1. The smallest absolute Gasteiger partial charge is 0.226 e. The molecule has 1 unspecified atom stereocenters. The fraction of sp³-hybridized carbons (Fsp3) is 0.600. The van der Waals surface area contributed by atoms with Crippen LogP contribution in [0, 0.1) is 12.8 Å². The third kappa shape index (κ3) is 5.39. The predicted molar refractivity (Wildman–Crippen MR) is 78.0 cm³/mol. The van der Waals surface area contributed by atoms with E-state index in [2.05, 4.69) is 29.0 Å². The first-order valence-corrected chi connectivity index (χ1v) is 6.74. The van der Waals surface area contributed by atoms with Crippen molar-refractivity contribution in [2.75, 3.05) is 20.6 Å². The van der Waals surface area contributed by atoms with Crippen molar-refractivity contribution in [3.8, 4) is 0 Å². The monoisotopic (exact) mass is 263 g/mol. The zero-order chi connectivity index (χ0) is 14.4. The van der Waals surface area contributed by atoms with E-state index in [9.17, 15) is 4.79 Å². The van der Waals surface area contributed by atoms with Crippen LogP contribution in [0.5, 0.6) is 0 Å². The second-order valence-corrected chi connectivity index (χ2v) is 5.58. The van der Waals surface area contributed by atoms with Crippen molar-refractivity contribution < 1.29 is 4.79 Å². The van der Waals surface area contributed by atoms with Gasteiger partial charge < -0.3 is 10.2 Å². The molecule has 0 aromatic carbocycles. The minimum atomic E-state index is 0.0330. The van der Waals surface area contributed by atoms with Gasteiger partial charge in [0.1, 0.15) is 0 Å². The van der Waals surface area contributed by atoms with Crippen LogP contribution in [0.4, 0.5) is 0 Å². The zero-order valence-electron chi connectivity index (χ0n) is 12.6. The number of aromatic nitrogens is 1. The normalized spacial score (nSPS) is 12.8. The molecule has 1 rings (SSSR count). The number of carbonyl (C=O) groups excluding carboxylic acids is 1. The molecule has 19 heavy (non-hydrogen) atoms. The third-order valence-corrected chi connectivity index (χ3v) is 3.25. The van der Waals surface area contributed by atoms with Crippen LogP contribution in [-0.4, -0.2) is 42.5 Å². The lowest BCUT2D eigenvalue weighted by molar-refractivity contribution is -0.120. The van der Waals surface area contributed by atoms with Crippen LogP contribution in [0.3, 0.4) is 0 Å². The lowest BCUT2D eigenvalue weighted by Gasteiger charge is -2.28. The van der Waals surface area contributed by atoms with Gasteiger partial charge in [-0.3, -0.25) is 9.78 Å². The van der Waals surface area contributed by atoms with Gasteiger partial charge in [-0.15, -0.1) is 0 Å². The fourth-order valence-electron chi connectivity index (χ4n) is 2.16. The number of carbonyl (C=O) groups is 1. The fourth-order valence-corrected chi connectivity index (χ4v) is 2.16. The van der Waals surface area contributed by atoms with Crippen LogP contribution in [0.2, 0.25) is 0 Å². The molecule has 0 bridgehead atoms. The molecule has 106 valence electrons. The Morgan fingerprint density at radius 3 is 2.63 bits per heavy atom. The predicted octanol–water partition coefficient (Wildman–Crippen LogP) is 1.63. The standard InChI is InChI=1S/C15H25N3O/c1-11(2)14(18(4)5)10-17-15(19)9-13-8-12(3)6-7-16-13/h6-8,11,14H,9-10H2,1-5H3,(H,17,19). The number of amides is 1. The Morgan fingerprint density at radius 2 is 2.11 bits per heavy atom. The number of nitrogens with zero attached hydrogens (tertiary/aromatic N) is 2. The van der Waals surface area contributed by atoms with Gasteiger partial charge in [-0.1, -0.05) is 13.8 Å². The van der Waals surface area contributed by atoms with Crippen LogP contribution in [-0.2, 0) is 11.2 Å². The highest BCUT2D eigenvalue weighted by atomic mass is 16.1. The molecular formula is C15H25N3O. The SMILES string of the molecule is Cc1ccnc(CC(=O)NCC(C(C)C)N(C)C)c1. The van der Waals surface area contributed by atoms with E-state index in [-0.39, 0.29) is 5.91 Å². The summed E-state index contributed by atoms with van der Waals surface area (Å²) in [5, 5.41) is 2.99. The van der Waals surface area contributed by atoms with E-state index in [1.165, 1.54) is 0 Å². The Kier molecular flexibility index (Phi) is 5.96. The maximum absolute atomic E-state index is 11.9. The summed E-state index contributed by atoms with van der Waals surface area (Å²) in [6.07, 6.45) is 2.09. The Hall–Kier alpha value is -1.42. The molecule has 0 aliphatic rings. The molecule has 1 N–H and O–H groups in total. The molecule has 0 saturated heterocycles. The average molecular weight is 263 g/mol. The molecule has 4 nitrogen and oxygen atoms in total. The van der Waals surface area contributed by atoms with Crippen LogP contribution in [0.25, 0.3) is 0 Å². The van der Waals surface area contributed by atoms with Crippen molar-refractivity contribution in [3.63, 3.8) is 0 Å². The molecule has 1 heterocycles.